The van der Waals surface area contributed by atoms with Crippen LogP contribution in [0.1, 0.15) is 6.92 Å². The number of halogens is 2. The van der Waals surface area contributed by atoms with E-state index >= 15 is 0 Å². The third-order valence-electron chi connectivity index (χ3n) is 1.71. The van der Waals surface area contributed by atoms with Gasteiger partial charge in [0.2, 0.25) is 0 Å². The summed E-state index contributed by atoms with van der Waals surface area (Å²) in [6, 6.07) is 2.57. The molecule has 86 valence electrons. The summed E-state index contributed by atoms with van der Waals surface area (Å²) in [5.41, 5.74) is 0. The molecule has 0 saturated heterocycles. The van der Waals surface area contributed by atoms with Crippen LogP contribution in [0.4, 0.5) is 0 Å². The van der Waals surface area contributed by atoms with Crippen LogP contribution in [-0.2, 0) is 10.0 Å². The Balaban J connectivity index is 3.40. The quantitative estimate of drug-likeness (QED) is 0.800. The summed E-state index contributed by atoms with van der Waals surface area (Å²) < 4.78 is 30.2. The number of sulfonamides is 1. The molecule has 0 atom stereocenters. The third kappa shape index (κ3) is 2.40. The first-order valence-corrected chi connectivity index (χ1v) is 6.38. The summed E-state index contributed by atoms with van der Waals surface area (Å²) in [7, 11) is -4.06. The normalized spacial score (nSPS) is 10.9. The van der Waals surface area contributed by atoms with Crippen molar-refractivity contribution in [2.24, 2.45) is 0 Å². The van der Waals surface area contributed by atoms with E-state index in [9.17, 15) is 8.42 Å². The highest BCUT2D eigenvalue weighted by Crippen LogP contribution is 2.37. The van der Waals surface area contributed by atoms with Crippen molar-refractivity contribution in [2.45, 2.75) is 11.8 Å². The topological polar surface area (TPSA) is 47.7 Å². The van der Waals surface area contributed by atoms with E-state index in [1.54, 1.807) is 6.92 Å². The second kappa shape index (κ2) is 4.91. The van der Waals surface area contributed by atoms with Crippen molar-refractivity contribution in [3.8, 4) is 5.75 Å². The number of hydrogen-bond donors (Lipinski definition) is 0. The Morgan fingerprint density at radius 2 is 2.00 bits per heavy atom. The fraction of sp³-hybridized carbons (Fsp3) is 0.222. The third-order valence-corrected chi connectivity index (χ3v) is 3.82. The average molecular weight is 280 g/mol. The van der Waals surface area contributed by atoms with Crippen molar-refractivity contribution in [1.29, 1.82) is 0 Å². The largest absolute Gasteiger partial charge is 0.492 e. The predicted molar refractivity (Wildman–Crippen MR) is 61.4 cm³/mol. The fourth-order valence-corrected chi connectivity index (χ4v) is 2.42. The molecule has 0 aliphatic rings. The van der Waals surface area contributed by atoms with Gasteiger partial charge in [-0.1, -0.05) is 23.2 Å². The number of nitrogens with zero attached hydrogens (tertiary/aromatic N) is 1. The van der Waals surface area contributed by atoms with Gasteiger partial charge in [-0.3, -0.25) is 0 Å². The van der Waals surface area contributed by atoms with Gasteiger partial charge in [0.05, 0.1) is 11.6 Å². The van der Waals surface area contributed by atoms with Crippen LogP contribution < -0.4 is 4.74 Å². The van der Waals surface area contributed by atoms with E-state index in [0.29, 0.717) is 6.61 Å². The molecule has 16 heavy (non-hydrogen) atoms. The molecule has 0 fully saturated rings. The molecule has 7 heteroatoms. The molecule has 0 N–H and O–H groups in total. The fourth-order valence-electron chi connectivity index (χ4n) is 1.03. The molecule has 1 aromatic carbocycles. The second-order valence-electron chi connectivity index (χ2n) is 2.69. The first-order chi connectivity index (χ1) is 7.44. The highest BCUT2D eigenvalue weighted by molar-refractivity contribution is 7.93. The molecule has 1 rings (SSSR count). The van der Waals surface area contributed by atoms with E-state index in [0.717, 1.165) is 0 Å². The van der Waals surface area contributed by atoms with Crippen LogP contribution in [0.5, 0.6) is 5.75 Å². The van der Waals surface area contributed by atoms with Crippen LogP contribution in [0.3, 0.4) is 0 Å². The average Bonchev–Trinajstić information content (AvgIpc) is 2.25. The van der Waals surface area contributed by atoms with Crippen molar-refractivity contribution in [3.63, 3.8) is 0 Å². The second-order valence-corrected chi connectivity index (χ2v) is 5.02. The van der Waals surface area contributed by atoms with Gasteiger partial charge in [-0.2, -0.15) is 4.25 Å². The van der Waals surface area contributed by atoms with Crippen LogP contribution in [-0.4, -0.2) is 15.0 Å². The standard InChI is InChI=1S/C9H7Cl2NO3S/c1-3-15-6-4-5-7(9(11)8(6)10)16(13,14)12-2/h4-5H,3H2,1H3. The van der Waals surface area contributed by atoms with Gasteiger partial charge >= 0.3 is 10.0 Å². The lowest BCUT2D eigenvalue weighted by Crippen LogP contribution is -1.98. The summed E-state index contributed by atoms with van der Waals surface area (Å²) in [6.07, 6.45) is 0. The number of ether oxygens (including phenoxy) is 1. The number of hydrogen-bond acceptors (Lipinski definition) is 3. The molecule has 4 nitrogen and oxygen atoms in total. The highest BCUT2D eigenvalue weighted by Gasteiger charge is 2.25. The van der Waals surface area contributed by atoms with Gasteiger partial charge in [0.25, 0.3) is 0 Å². The molecular weight excluding hydrogens is 273 g/mol. The smallest absolute Gasteiger partial charge is 0.470 e. The van der Waals surface area contributed by atoms with Gasteiger partial charge in [0, 0.05) is 0 Å². The van der Waals surface area contributed by atoms with Gasteiger partial charge in [0.15, 0.2) is 4.90 Å². The van der Waals surface area contributed by atoms with Crippen LogP contribution in [0.2, 0.25) is 10.0 Å². The maximum atomic E-state index is 11.3. The molecule has 0 aliphatic carbocycles. The molecule has 0 saturated carbocycles. The van der Waals surface area contributed by atoms with Gasteiger partial charge in [-0.25, -0.2) is 6.57 Å². The zero-order valence-electron chi connectivity index (χ0n) is 8.20. The van der Waals surface area contributed by atoms with E-state index in [1.165, 1.54) is 12.1 Å². The van der Waals surface area contributed by atoms with Crippen LogP contribution in [0.15, 0.2) is 17.0 Å². The summed E-state index contributed by atoms with van der Waals surface area (Å²) in [5.74, 6) is 0.290. The van der Waals surface area contributed by atoms with E-state index in [1.807, 2.05) is 0 Å². The summed E-state index contributed by atoms with van der Waals surface area (Å²) in [5, 5.41) is -0.197. The van der Waals surface area contributed by atoms with Crippen LogP contribution in [0, 0.1) is 6.57 Å². The molecule has 0 heterocycles. The minimum atomic E-state index is -4.06. The Bertz CT molecular complexity index is 549. The Morgan fingerprint density at radius 1 is 1.38 bits per heavy atom. The molecule has 0 unspecified atom stereocenters. The minimum absolute atomic E-state index is 0.00626. The zero-order chi connectivity index (χ0) is 12.3. The highest BCUT2D eigenvalue weighted by atomic mass is 35.5. The molecular formula is C9H7Cl2NO3S. The molecule has 0 radical (unpaired) electrons. The minimum Gasteiger partial charge on any atom is -0.492 e. The summed E-state index contributed by atoms with van der Waals surface area (Å²) in [6.45, 7) is 8.69. The molecule has 0 spiro atoms. The maximum Gasteiger partial charge on any atom is 0.470 e. The summed E-state index contributed by atoms with van der Waals surface area (Å²) in [4.78, 5) is -0.308. The summed E-state index contributed by atoms with van der Waals surface area (Å²) >= 11 is 11.6. The van der Waals surface area contributed by atoms with E-state index < -0.39 is 10.0 Å². The maximum absolute atomic E-state index is 11.3. The Hall–Kier alpha value is -0.960. The lowest BCUT2D eigenvalue weighted by molar-refractivity contribution is 0.340. The Labute approximate surface area is 104 Å². The number of benzene rings is 1. The first kappa shape index (κ1) is 13.1. The SMILES string of the molecule is [C-]#[N+]S(=O)(=O)c1ccc(OCC)c(Cl)c1Cl. The van der Waals surface area contributed by atoms with Crippen molar-refractivity contribution in [1.82, 2.24) is 0 Å². The molecule has 0 aromatic heterocycles. The van der Waals surface area contributed by atoms with E-state index in [4.69, 9.17) is 34.5 Å². The van der Waals surface area contributed by atoms with E-state index in [-0.39, 0.29) is 20.7 Å². The van der Waals surface area contributed by atoms with Gasteiger partial charge < -0.3 is 4.74 Å². The Morgan fingerprint density at radius 3 is 2.50 bits per heavy atom. The van der Waals surface area contributed by atoms with Gasteiger partial charge in [-0.05, 0) is 19.1 Å². The lowest BCUT2D eigenvalue weighted by atomic mass is 10.3. The number of rotatable bonds is 3. The Kier molecular flexibility index (Phi) is 4.03. The molecule has 1 aromatic rings. The van der Waals surface area contributed by atoms with E-state index in [2.05, 4.69) is 4.25 Å². The van der Waals surface area contributed by atoms with Crippen LogP contribution in [0.25, 0.3) is 4.25 Å². The van der Waals surface area contributed by atoms with Gasteiger partial charge in [0.1, 0.15) is 10.8 Å². The molecule has 0 bridgehead atoms. The van der Waals surface area contributed by atoms with Crippen molar-refractivity contribution >= 4 is 33.2 Å². The van der Waals surface area contributed by atoms with Crippen LogP contribution >= 0.6 is 23.2 Å². The zero-order valence-corrected chi connectivity index (χ0v) is 10.5. The van der Waals surface area contributed by atoms with Crippen molar-refractivity contribution in [2.75, 3.05) is 6.61 Å². The lowest BCUT2D eigenvalue weighted by Gasteiger charge is -2.07. The first-order valence-electron chi connectivity index (χ1n) is 4.18. The van der Waals surface area contributed by atoms with Crippen molar-refractivity contribution in [3.05, 3.63) is 33.0 Å². The predicted octanol–water partition coefficient (Wildman–Crippen LogP) is 3.00. The monoisotopic (exact) mass is 279 g/mol. The van der Waals surface area contributed by atoms with Gasteiger partial charge in [-0.15, -0.1) is 8.42 Å². The van der Waals surface area contributed by atoms with Crippen molar-refractivity contribution < 1.29 is 13.2 Å². The molecule has 0 aliphatic heterocycles. The molecule has 0 amide bonds.